The van der Waals surface area contributed by atoms with Gasteiger partial charge in [-0.3, -0.25) is 4.79 Å². The molecule has 4 aromatic rings. The van der Waals surface area contributed by atoms with Gasteiger partial charge in [-0.25, -0.2) is 9.13 Å². The van der Waals surface area contributed by atoms with Crippen molar-refractivity contribution in [1.82, 2.24) is 4.57 Å². The first-order chi connectivity index (χ1) is 17.5. The van der Waals surface area contributed by atoms with E-state index in [4.69, 9.17) is 10.5 Å². The molecule has 0 unspecified atom stereocenters. The predicted molar refractivity (Wildman–Crippen MR) is 141 cm³/mol. The maximum atomic E-state index is 13.4. The molecular weight excluding hydrogens is 446 g/mol. The molecule has 36 heavy (non-hydrogen) atoms. The van der Waals surface area contributed by atoms with E-state index in [0.29, 0.717) is 6.04 Å². The second-order valence-corrected chi connectivity index (χ2v) is 9.80. The number of nitrogens with two attached hydrogens (primary N) is 1. The highest BCUT2D eigenvalue weighted by atomic mass is 16.5. The second-order valence-electron chi connectivity index (χ2n) is 9.80. The van der Waals surface area contributed by atoms with Crippen LogP contribution in [0, 0.1) is 12.8 Å². The third-order valence-electron chi connectivity index (χ3n) is 7.94. The Morgan fingerprint density at radius 2 is 1.67 bits per heavy atom. The van der Waals surface area contributed by atoms with Gasteiger partial charge in [0, 0.05) is 6.92 Å². The fraction of sp³-hybridized carbons (Fsp3) is 0.290. The molecule has 2 N–H and O–H groups in total. The van der Waals surface area contributed by atoms with Gasteiger partial charge >= 0.3 is 0 Å². The van der Waals surface area contributed by atoms with Gasteiger partial charge < -0.3 is 10.5 Å². The minimum Gasteiger partial charge on any atom is -0.497 e. The number of hydrogen-bond acceptors (Lipinski definition) is 2. The Morgan fingerprint density at radius 3 is 2.28 bits per heavy atom. The van der Waals surface area contributed by atoms with E-state index in [-0.39, 0.29) is 11.8 Å². The fourth-order valence-corrected chi connectivity index (χ4v) is 6.17. The van der Waals surface area contributed by atoms with Crippen LogP contribution in [0.2, 0.25) is 0 Å². The molecule has 1 saturated carbocycles. The van der Waals surface area contributed by atoms with Crippen LogP contribution in [0.5, 0.6) is 5.75 Å². The van der Waals surface area contributed by atoms with Gasteiger partial charge in [0.25, 0.3) is 5.82 Å². The number of imidazole rings is 1. The molecule has 0 saturated heterocycles. The van der Waals surface area contributed by atoms with Gasteiger partial charge in [0.05, 0.1) is 7.11 Å². The van der Waals surface area contributed by atoms with E-state index >= 15 is 0 Å². The lowest BCUT2D eigenvalue weighted by Gasteiger charge is -2.37. The molecule has 0 bridgehead atoms. The van der Waals surface area contributed by atoms with Crippen LogP contribution in [0.3, 0.4) is 0 Å². The molecule has 1 fully saturated rings. The van der Waals surface area contributed by atoms with Gasteiger partial charge in [0.1, 0.15) is 36.1 Å². The Labute approximate surface area is 213 Å². The van der Waals surface area contributed by atoms with E-state index in [1.807, 2.05) is 72.8 Å². The monoisotopic (exact) mass is 480 g/mol. The smallest absolute Gasteiger partial charge is 0.253 e. The van der Waals surface area contributed by atoms with Crippen molar-refractivity contribution in [1.29, 1.82) is 0 Å². The first kappa shape index (κ1) is 23.9. The lowest BCUT2D eigenvalue weighted by molar-refractivity contribution is -0.694. The summed E-state index contributed by atoms with van der Waals surface area (Å²) in [6.45, 7) is 2.95. The van der Waals surface area contributed by atoms with Crippen LogP contribution < -0.4 is 15.0 Å². The summed E-state index contributed by atoms with van der Waals surface area (Å²) in [6, 6.07) is 28.7. The van der Waals surface area contributed by atoms with Crippen LogP contribution in [0.25, 0.3) is 0 Å². The maximum absolute atomic E-state index is 13.4. The summed E-state index contributed by atoms with van der Waals surface area (Å²) in [5.41, 5.74) is 8.59. The number of hydrogen-bond donors (Lipinski definition) is 1. The van der Waals surface area contributed by atoms with Crippen molar-refractivity contribution in [2.75, 3.05) is 7.11 Å². The summed E-state index contributed by atoms with van der Waals surface area (Å²) >= 11 is 0. The summed E-state index contributed by atoms with van der Waals surface area (Å²) in [6.07, 6.45) is 7.16. The van der Waals surface area contributed by atoms with Crippen molar-refractivity contribution >= 4 is 5.91 Å². The fourth-order valence-electron chi connectivity index (χ4n) is 6.17. The zero-order valence-corrected chi connectivity index (χ0v) is 21.0. The van der Waals surface area contributed by atoms with Crippen molar-refractivity contribution < 1.29 is 14.1 Å². The summed E-state index contributed by atoms with van der Waals surface area (Å²) in [4.78, 5) is 13.4. The predicted octanol–water partition coefficient (Wildman–Crippen LogP) is 4.95. The van der Waals surface area contributed by atoms with Crippen molar-refractivity contribution in [2.45, 2.75) is 44.2 Å². The number of nitrogens with zero attached hydrogens (tertiary/aromatic N) is 2. The second kappa shape index (κ2) is 10.0. The molecule has 184 valence electrons. The molecule has 5 heteroatoms. The maximum Gasteiger partial charge on any atom is 0.253 e. The van der Waals surface area contributed by atoms with Crippen LogP contribution in [-0.4, -0.2) is 17.6 Å². The topological polar surface area (TPSA) is 61.1 Å². The van der Waals surface area contributed by atoms with Crippen molar-refractivity contribution in [3.63, 3.8) is 0 Å². The van der Waals surface area contributed by atoms with E-state index in [1.165, 1.54) is 11.4 Å². The first-order valence-corrected chi connectivity index (χ1v) is 12.6. The zero-order valence-electron chi connectivity index (χ0n) is 21.0. The number of benzene rings is 3. The largest absolute Gasteiger partial charge is 0.497 e. The Hall–Kier alpha value is -3.86. The number of rotatable bonds is 8. The standard InChI is InChI=1S/C31H33N3O2/c1-23-33(22-24-10-9-15-29(20-24)36-2)18-19-34(23)28-17-16-27(21-28)31(30(32)35,25-11-5-3-6-12-25)26-13-7-4-8-14-26/h3-15,18-20,27-28H,16-17,21-22H2,1-2H3,(H-,32,35)/p+1/t27-,28+/m0/s1. The average molecular weight is 481 g/mol. The van der Waals surface area contributed by atoms with E-state index in [9.17, 15) is 4.79 Å². The first-order valence-electron chi connectivity index (χ1n) is 12.6. The van der Waals surface area contributed by atoms with Crippen LogP contribution in [-0.2, 0) is 16.8 Å². The number of carbonyl (C=O) groups is 1. The van der Waals surface area contributed by atoms with Crippen LogP contribution in [0.15, 0.2) is 97.3 Å². The van der Waals surface area contributed by atoms with Crippen molar-refractivity contribution in [3.05, 3.63) is 120 Å². The molecule has 0 aliphatic heterocycles. The number of carbonyl (C=O) groups excluding carboxylic acids is 1. The minimum absolute atomic E-state index is 0.110. The Bertz CT molecular complexity index is 1290. The molecule has 0 spiro atoms. The molecule has 1 heterocycles. The molecule has 1 aromatic heterocycles. The van der Waals surface area contributed by atoms with Gasteiger partial charge in [0.15, 0.2) is 0 Å². The van der Waals surface area contributed by atoms with E-state index in [0.717, 1.165) is 42.7 Å². The third-order valence-corrected chi connectivity index (χ3v) is 7.94. The summed E-state index contributed by atoms with van der Waals surface area (Å²) in [7, 11) is 1.70. The lowest BCUT2D eigenvalue weighted by Crippen LogP contribution is -2.47. The van der Waals surface area contributed by atoms with Crippen molar-refractivity contribution in [3.8, 4) is 5.75 Å². The Balaban J connectivity index is 1.46. The van der Waals surface area contributed by atoms with E-state index in [2.05, 4.69) is 40.6 Å². The van der Waals surface area contributed by atoms with Gasteiger partial charge in [-0.05, 0) is 54.0 Å². The molecule has 1 aliphatic carbocycles. The van der Waals surface area contributed by atoms with Crippen molar-refractivity contribution in [2.24, 2.45) is 11.7 Å². The normalized spacial score (nSPS) is 17.7. The number of primary amides is 1. The lowest BCUT2D eigenvalue weighted by atomic mass is 9.64. The zero-order chi connectivity index (χ0) is 25.1. The Morgan fingerprint density at radius 1 is 1.00 bits per heavy atom. The molecule has 1 aliphatic rings. The highest BCUT2D eigenvalue weighted by Gasteiger charge is 2.51. The number of aromatic nitrogens is 2. The number of ether oxygens (including phenoxy) is 1. The summed E-state index contributed by atoms with van der Waals surface area (Å²) in [5.74, 6) is 1.90. The molecule has 5 nitrogen and oxygen atoms in total. The van der Waals surface area contributed by atoms with Gasteiger partial charge in [-0.15, -0.1) is 0 Å². The van der Waals surface area contributed by atoms with Gasteiger partial charge in [-0.1, -0.05) is 72.8 Å². The highest BCUT2D eigenvalue weighted by Crippen LogP contribution is 2.49. The molecule has 0 radical (unpaired) electrons. The molecule has 3 aromatic carbocycles. The minimum atomic E-state index is -0.852. The highest BCUT2D eigenvalue weighted by molar-refractivity contribution is 5.91. The third kappa shape index (κ3) is 4.19. The summed E-state index contributed by atoms with van der Waals surface area (Å²) < 4.78 is 10.0. The number of methoxy groups -OCH3 is 1. The van der Waals surface area contributed by atoms with Crippen LogP contribution in [0.1, 0.15) is 47.8 Å². The van der Waals surface area contributed by atoms with Crippen LogP contribution >= 0.6 is 0 Å². The molecule has 1 amide bonds. The van der Waals surface area contributed by atoms with Crippen LogP contribution in [0.4, 0.5) is 0 Å². The quantitative estimate of drug-likeness (QED) is 0.363. The Kier molecular flexibility index (Phi) is 6.64. The van der Waals surface area contributed by atoms with Gasteiger partial charge in [-0.2, -0.15) is 0 Å². The van der Waals surface area contributed by atoms with E-state index < -0.39 is 5.41 Å². The average Bonchev–Trinajstić information content (AvgIpc) is 3.53. The number of amides is 1. The van der Waals surface area contributed by atoms with E-state index in [1.54, 1.807) is 7.11 Å². The molecule has 2 atom stereocenters. The molecule has 5 rings (SSSR count). The summed E-state index contributed by atoms with van der Waals surface area (Å²) in [5, 5.41) is 0. The van der Waals surface area contributed by atoms with Gasteiger partial charge in [0.2, 0.25) is 5.91 Å². The molecular formula is C31H34N3O2+. The SMILES string of the molecule is COc1cccc(C[n+]2ccn([C@@H]3CC[C@H](C(C(N)=O)(c4ccccc4)c4ccccc4)C3)c2C)c1.